The molecule has 0 aliphatic heterocycles. The van der Waals surface area contributed by atoms with Gasteiger partial charge in [0, 0.05) is 6.42 Å². The number of unbranched alkanes of at least 4 members (excludes halogenated alkanes) is 1. The van der Waals surface area contributed by atoms with E-state index in [2.05, 4.69) is 0 Å². The molecule has 0 saturated heterocycles. The Balaban J connectivity index is 3.50. The first-order valence-electron chi connectivity index (χ1n) is 4.97. The summed E-state index contributed by atoms with van der Waals surface area (Å²) in [6.45, 7) is 6.65. The van der Waals surface area contributed by atoms with Gasteiger partial charge in [-0.1, -0.05) is 13.8 Å². The molecule has 78 valence electrons. The lowest BCUT2D eigenvalue weighted by Crippen LogP contribution is -2.20. The van der Waals surface area contributed by atoms with Crippen LogP contribution in [-0.2, 0) is 9.53 Å². The fourth-order valence-corrected chi connectivity index (χ4v) is 0.816. The Bertz CT molecular complexity index is 146. The van der Waals surface area contributed by atoms with Gasteiger partial charge in [0.1, 0.15) is 6.10 Å². The number of hydrogen-bond acceptors (Lipinski definition) is 3. The van der Waals surface area contributed by atoms with Gasteiger partial charge in [0.2, 0.25) is 0 Å². The second kappa shape index (κ2) is 6.89. The molecule has 0 spiro atoms. The molecule has 0 fully saturated rings. The summed E-state index contributed by atoms with van der Waals surface area (Å²) in [5, 5.41) is 0. The zero-order valence-corrected chi connectivity index (χ0v) is 8.88. The Morgan fingerprint density at radius 1 is 1.31 bits per heavy atom. The molecule has 0 aliphatic carbocycles. The standard InChI is InChI=1S/C10H21NO2/c1-8(2)9(3)13-10(12)6-4-5-7-11/h8-9H,4-7,11H2,1-3H3. The number of esters is 1. The summed E-state index contributed by atoms with van der Waals surface area (Å²) in [6, 6.07) is 0. The molecule has 0 amide bonds. The lowest BCUT2D eigenvalue weighted by Gasteiger charge is -2.16. The summed E-state index contributed by atoms with van der Waals surface area (Å²) in [4.78, 5) is 11.2. The largest absolute Gasteiger partial charge is 0.462 e. The van der Waals surface area contributed by atoms with Crippen molar-refractivity contribution >= 4 is 5.97 Å². The van der Waals surface area contributed by atoms with Gasteiger partial charge in [-0.3, -0.25) is 4.79 Å². The molecule has 2 N–H and O–H groups in total. The Kier molecular flexibility index (Phi) is 6.59. The van der Waals surface area contributed by atoms with E-state index in [4.69, 9.17) is 10.5 Å². The maximum absolute atomic E-state index is 11.2. The summed E-state index contributed by atoms with van der Waals surface area (Å²) in [5.74, 6) is 0.285. The van der Waals surface area contributed by atoms with E-state index in [1.54, 1.807) is 0 Å². The first-order valence-corrected chi connectivity index (χ1v) is 4.97. The molecule has 0 aromatic heterocycles. The lowest BCUT2D eigenvalue weighted by atomic mass is 10.1. The van der Waals surface area contributed by atoms with Crippen molar-refractivity contribution in [2.24, 2.45) is 11.7 Å². The fourth-order valence-electron chi connectivity index (χ4n) is 0.816. The maximum Gasteiger partial charge on any atom is 0.306 e. The molecule has 3 nitrogen and oxygen atoms in total. The van der Waals surface area contributed by atoms with Gasteiger partial charge in [-0.05, 0) is 32.2 Å². The Hall–Kier alpha value is -0.570. The van der Waals surface area contributed by atoms with Crippen LogP contribution in [0.2, 0.25) is 0 Å². The first-order chi connectivity index (χ1) is 6.07. The highest BCUT2D eigenvalue weighted by Crippen LogP contribution is 2.07. The summed E-state index contributed by atoms with van der Waals surface area (Å²) >= 11 is 0. The van der Waals surface area contributed by atoms with Crippen LogP contribution in [0.3, 0.4) is 0 Å². The van der Waals surface area contributed by atoms with E-state index in [-0.39, 0.29) is 12.1 Å². The van der Waals surface area contributed by atoms with Gasteiger partial charge >= 0.3 is 5.97 Å². The zero-order valence-electron chi connectivity index (χ0n) is 8.88. The van der Waals surface area contributed by atoms with Gasteiger partial charge in [0.25, 0.3) is 0 Å². The van der Waals surface area contributed by atoms with Gasteiger partial charge in [0.05, 0.1) is 0 Å². The third kappa shape index (κ3) is 6.58. The average molecular weight is 187 g/mol. The molecular formula is C10H21NO2. The molecule has 0 saturated carbocycles. The number of nitrogens with two attached hydrogens (primary N) is 1. The van der Waals surface area contributed by atoms with Crippen LogP contribution in [0.5, 0.6) is 0 Å². The maximum atomic E-state index is 11.2. The summed E-state index contributed by atoms with van der Waals surface area (Å²) in [5.41, 5.74) is 5.31. The molecule has 0 bridgehead atoms. The van der Waals surface area contributed by atoms with Crippen molar-refractivity contribution in [2.45, 2.75) is 46.1 Å². The highest BCUT2D eigenvalue weighted by molar-refractivity contribution is 5.69. The fraction of sp³-hybridized carbons (Fsp3) is 0.900. The minimum absolute atomic E-state index is 0.0189. The average Bonchev–Trinajstić information content (AvgIpc) is 2.04. The molecule has 1 atom stereocenters. The highest BCUT2D eigenvalue weighted by Gasteiger charge is 2.11. The van der Waals surface area contributed by atoms with Crippen LogP contribution in [0.4, 0.5) is 0 Å². The van der Waals surface area contributed by atoms with Gasteiger partial charge in [-0.25, -0.2) is 0 Å². The van der Waals surface area contributed by atoms with Crippen LogP contribution in [0.1, 0.15) is 40.0 Å². The summed E-state index contributed by atoms with van der Waals surface area (Å²) < 4.78 is 5.18. The van der Waals surface area contributed by atoms with Crippen molar-refractivity contribution < 1.29 is 9.53 Å². The molecule has 0 aromatic rings. The van der Waals surface area contributed by atoms with Gasteiger partial charge in [0.15, 0.2) is 0 Å². The SMILES string of the molecule is CC(C)C(C)OC(=O)CCCCN. The van der Waals surface area contributed by atoms with Crippen molar-refractivity contribution in [1.82, 2.24) is 0 Å². The lowest BCUT2D eigenvalue weighted by molar-refractivity contribution is -0.150. The van der Waals surface area contributed by atoms with Crippen LogP contribution in [0.15, 0.2) is 0 Å². The van der Waals surface area contributed by atoms with E-state index in [1.807, 2.05) is 20.8 Å². The number of hydrogen-bond donors (Lipinski definition) is 1. The molecule has 0 aromatic carbocycles. The van der Waals surface area contributed by atoms with E-state index in [0.29, 0.717) is 18.9 Å². The van der Waals surface area contributed by atoms with Crippen LogP contribution in [-0.4, -0.2) is 18.6 Å². The molecule has 1 unspecified atom stereocenters. The van der Waals surface area contributed by atoms with Gasteiger partial charge in [-0.15, -0.1) is 0 Å². The third-order valence-corrected chi connectivity index (χ3v) is 2.09. The topological polar surface area (TPSA) is 52.3 Å². The van der Waals surface area contributed by atoms with Crippen molar-refractivity contribution in [3.8, 4) is 0 Å². The quantitative estimate of drug-likeness (QED) is 0.508. The molecule has 13 heavy (non-hydrogen) atoms. The molecular weight excluding hydrogens is 166 g/mol. The first kappa shape index (κ1) is 12.4. The second-order valence-corrected chi connectivity index (χ2v) is 3.68. The minimum Gasteiger partial charge on any atom is -0.462 e. The summed E-state index contributed by atoms with van der Waals surface area (Å²) in [6.07, 6.45) is 2.24. The normalized spacial score (nSPS) is 13.0. The predicted molar refractivity (Wildman–Crippen MR) is 53.3 cm³/mol. The smallest absolute Gasteiger partial charge is 0.306 e. The Morgan fingerprint density at radius 3 is 2.38 bits per heavy atom. The molecule has 0 rings (SSSR count). The van der Waals surface area contributed by atoms with E-state index >= 15 is 0 Å². The van der Waals surface area contributed by atoms with Crippen molar-refractivity contribution in [2.75, 3.05) is 6.54 Å². The number of carbonyl (C=O) groups excluding carboxylic acids is 1. The van der Waals surface area contributed by atoms with Crippen molar-refractivity contribution in [1.29, 1.82) is 0 Å². The number of carbonyl (C=O) groups is 1. The molecule has 0 aliphatic rings. The van der Waals surface area contributed by atoms with E-state index in [0.717, 1.165) is 12.8 Å². The van der Waals surface area contributed by atoms with E-state index in [1.165, 1.54) is 0 Å². The Morgan fingerprint density at radius 2 is 1.92 bits per heavy atom. The monoisotopic (exact) mass is 187 g/mol. The van der Waals surface area contributed by atoms with Crippen LogP contribution in [0.25, 0.3) is 0 Å². The predicted octanol–water partition coefficient (Wildman–Crippen LogP) is 1.70. The Labute approximate surface area is 80.6 Å². The summed E-state index contributed by atoms with van der Waals surface area (Å²) in [7, 11) is 0. The second-order valence-electron chi connectivity index (χ2n) is 3.68. The zero-order chi connectivity index (χ0) is 10.3. The van der Waals surface area contributed by atoms with Crippen molar-refractivity contribution in [3.63, 3.8) is 0 Å². The third-order valence-electron chi connectivity index (χ3n) is 2.09. The van der Waals surface area contributed by atoms with Crippen LogP contribution in [0, 0.1) is 5.92 Å². The van der Waals surface area contributed by atoms with E-state index in [9.17, 15) is 4.79 Å². The number of rotatable bonds is 6. The van der Waals surface area contributed by atoms with Crippen LogP contribution < -0.4 is 5.73 Å². The number of ether oxygens (including phenoxy) is 1. The van der Waals surface area contributed by atoms with Crippen LogP contribution >= 0.6 is 0 Å². The molecule has 0 heterocycles. The van der Waals surface area contributed by atoms with Crippen molar-refractivity contribution in [3.05, 3.63) is 0 Å². The van der Waals surface area contributed by atoms with E-state index < -0.39 is 0 Å². The highest BCUT2D eigenvalue weighted by atomic mass is 16.5. The molecule has 3 heteroatoms. The minimum atomic E-state index is -0.102. The van der Waals surface area contributed by atoms with Gasteiger partial charge in [-0.2, -0.15) is 0 Å². The molecule has 0 radical (unpaired) electrons. The van der Waals surface area contributed by atoms with Gasteiger partial charge < -0.3 is 10.5 Å².